The molecule has 1 aliphatic rings. The monoisotopic (exact) mass is 371 g/mol. The summed E-state index contributed by atoms with van der Waals surface area (Å²) in [5.74, 6) is 1.94. The Morgan fingerprint density at radius 2 is 2.00 bits per heavy atom. The molecule has 3 aromatic rings. The van der Waals surface area contributed by atoms with E-state index in [9.17, 15) is 4.79 Å². The second-order valence-electron chi connectivity index (χ2n) is 6.01. The van der Waals surface area contributed by atoms with Gasteiger partial charge < -0.3 is 14.3 Å². The van der Waals surface area contributed by atoms with E-state index in [-0.39, 0.29) is 5.91 Å². The van der Waals surface area contributed by atoms with E-state index in [2.05, 4.69) is 29.6 Å². The van der Waals surface area contributed by atoms with Gasteiger partial charge in [0.1, 0.15) is 10.7 Å². The van der Waals surface area contributed by atoms with Crippen LogP contribution in [-0.4, -0.2) is 61.7 Å². The van der Waals surface area contributed by atoms with Crippen LogP contribution >= 0.6 is 11.5 Å². The lowest BCUT2D eigenvalue weighted by Crippen LogP contribution is -2.49. The lowest BCUT2D eigenvalue weighted by atomic mass is 10.2. The van der Waals surface area contributed by atoms with Crippen molar-refractivity contribution < 1.29 is 9.32 Å². The fourth-order valence-corrected chi connectivity index (χ4v) is 3.46. The molecule has 4 heterocycles. The number of aryl methyl sites for hydroxylation is 2. The SMILES string of the molecule is Cc1nc(-c2ccc(N3CCN(C(=O)c4snnc4C)CC3)nc2)no1. The van der Waals surface area contributed by atoms with Gasteiger partial charge in [-0.3, -0.25) is 4.79 Å². The van der Waals surface area contributed by atoms with E-state index in [0.29, 0.717) is 35.4 Å². The molecule has 0 aliphatic carbocycles. The summed E-state index contributed by atoms with van der Waals surface area (Å²) in [6.07, 6.45) is 1.74. The molecule has 0 bridgehead atoms. The van der Waals surface area contributed by atoms with Gasteiger partial charge >= 0.3 is 0 Å². The zero-order valence-electron chi connectivity index (χ0n) is 14.4. The van der Waals surface area contributed by atoms with Crippen molar-refractivity contribution in [3.8, 4) is 11.4 Å². The van der Waals surface area contributed by atoms with Gasteiger partial charge in [-0.15, -0.1) is 5.10 Å². The van der Waals surface area contributed by atoms with Crippen LogP contribution in [0.2, 0.25) is 0 Å². The number of hydrogen-bond donors (Lipinski definition) is 0. The Labute approximate surface area is 153 Å². The highest BCUT2D eigenvalue weighted by Crippen LogP contribution is 2.20. The Bertz CT molecular complexity index is 913. The van der Waals surface area contributed by atoms with Gasteiger partial charge in [0, 0.05) is 44.9 Å². The van der Waals surface area contributed by atoms with E-state index in [0.717, 1.165) is 36.0 Å². The summed E-state index contributed by atoms with van der Waals surface area (Å²) in [6.45, 7) is 6.30. The Morgan fingerprint density at radius 3 is 2.58 bits per heavy atom. The van der Waals surface area contributed by atoms with Crippen molar-refractivity contribution in [3.05, 3.63) is 34.8 Å². The van der Waals surface area contributed by atoms with Gasteiger partial charge in [-0.2, -0.15) is 4.98 Å². The smallest absolute Gasteiger partial charge is 0.267 e. The molecule has 0 unspecified atom stereocenters. The molecule has 134 valence electrons. The number of nitrogens with zero attached hydrogens (tertiary/aromatic N) is 7. The molecule has 9 nitrogen and oxygen atoms in total. The van der Waals surface area contributed by atoms with E-state index in [4.69, 9.17) is 4.52 Å². The van der Waals surface area contributed by atoms with Gasteiger partial charge in [0.25, 0.3) is 5.91 Å². The average molecular weight is 371 g/mol. The number of rotatable bonds is 3. The van der Waals surface area contributed by atoms with Gasteiger partial charge in [0.15, 0.2) is 0 Å². The molecule has 1 fully saturated rings. The molecule has 0 N–H and O–H groups in total. The molecule has 0 aromatic carbocycles. The van der Waals surface area contributed by atoms with Crippen molar-refractivity contribution in [2.24, 2.45) is 0 Å². The summed E-state index contributed by atoms with van der Waals surface area (Å²) in [6, 6.07) is 3.87. The molecular formula is C16H17N7O2S. The second-order valence-corrected chi connectivity index (χ2v) is 6.76. The number of piperazine rings is 1. The van der Waals surface area contributed by atoms with Crippen molar-refractivity contribution in [3.63, 3.8) is 0 Å². The first kappa shape index (κ1) is 16.6. The Morgan fingerprint density at radius 1 is 1.19 bits per heavy atom. The molecule has 10 heteroatoms. The van der Waals surface area contributed by atoms with Gasteiger partial charge in [-0.05, 0) is 30.6 Å². The first-order valence-corrected chi connectivity index (χ1v) is 8.99. The van der Waals surface area contributed by atoms with Crippen LogP contribution in [0.3, 0.4) is 0 Å². The largest absolute Gasteiger partial charge is 0.353 e. The first-order valence-electron chi connectivity index (χ1n) is 8.22. The van der Waals surface area contributed by atoms with Crippen LogP contribution in [-0.2, 0) is 0 Å². The van der Waals surface area contributed by atoms with E-state index in [1.54, 1.807) is 13.1 Å². The van der Waals surface area contributed by atoms with Crippen LogP contribution in [0.4, 0.5) is 5.82 Å². The number of aromatic nitrogens is 5. The van der Waals surface area contributed by atoms with Gasteiger partial charge in [0.2, 0.25) is 11.7 Å². The molecule has 0 atom stereocenters. The zero-order chi connectivity index (χ0) is 18.1. The topological polar surface area (TPSA) is 101 Å². The van der Waals surface area contributed by atoms with Gasteiger partial charge in [-0.25, -0.2) is 4.98 Å². The number of anilines is 1. The molecule has 3 aromatic heterocycles. The lowest BCUT2D eigenvalue weighted by molar-refractivity contribution is 0.0750. The van der Waals surface area contributed by atoms with E-state index in [1.807, 2.05) is 24.0 Å². The summed E-state index contributed by atoms with van der Waals surface area (Å²) >= 11 is 1.15. The normalized spacial score (nSPS) is 14.7. The van der Waals surface area contributed by atoms with Crippen molar-refractivity contribution in [2.75, 3.05) is 31.1 Å². The van der Waals surface area contributed by atoms with Crippen LogP contribution in [0.25, 0.3) is 11.4 Å². The van der Waals surface area contributed by atoms with Crippen molar-refractivity contribution in [2.45, 2.75) is 13.8 Å². The maximum absolute atomic E-state index is 12.5. The zero-order valence-corrected chi connectivity index (χ0v) is 15.2. The van der Waals surface area contributed by atoms with Crippen molar-refractivity contribution in [1.82, 2.24) is 29.6 Å². The highest BCUT2D eigenvalue weighted by Gasteiger charge is 2.25. The summed E-state index contributed by atoms with van der Waals surface area (Å²) in [7, 11) is 0. The van der Waals surface area contributed by atoms with E-state index >= 15 is 0 Å². The lowest BCUT2D eigenvalue weighted by Gasteiger charge is -2.35. The van der Waals surface area contributed by atoms with Crippen molar-refractivity contribution >= 4 is 23.3 Å². The third-order valence-corrected chi connectivity index (χ3v) is 5.09. The van der Waals surface area contributed by atoms with Crippen molar-refractivity contribution in [1.29, 1.82) is 0 Å². The molecule has 1 aliphatic heterocycles. The van der Waals surface area contributed by atoms with Crippen LogP contribution in [0.15, 0.2) is 22.9 Å². The molecule has 0 radical (unpaired) electrons. The van der Waals surface area contributed by atoms with Crippen LogP contribution in [0.1, 0.15) is 21.3 Å². The fourth-order valence-electron chi connectivity index (χ4n) is 2.83. The third kappa shape index (κ3) is 3.15. The number of hydrogen-bond acceptors (Lipinski definition) is 9. The minimum Gasteiger partial charge on any atom is -0.353 e. The maximum atomic E-state index is 12.5. The summed E-state index contributed by atoms with van der Waals surface area (Å²) in [4.78, 5) is 25.9. The Balaban J connectivity index is 1.40. The molecule has 1 amide bonds. The minimum atomic E-state index is 0.00735. The molecule has 26 heavy (non-hydrogen) atoms. The standard InChI is InChI=1S/C16H17N7O2S/c1-10-14(26-21-19-10)16(24)23-7-5-22(6-8-23)13-4-3-12(9-17-13)15-18-11(2)25-20-15/h3-4,9H,5-8H2,1-2H3. The molecule has 0 spiro atoms. The predicted octanol–water partition coefficient (Wildman–Crippen LogP) is 1.56. The predicted molar refractivity (Wildman–Crippen MR) is 95.0 cm³/mol. The summed E-state index contributed by atoms with van der Waals surface area (Å²) < 4.78 is 8.84. The minimum absolute atomic E-state index is 0.00735. The first-order chi connectivity index (χ1) is 12.6. The third-order valence-electron chi connectivity index (χ3n) is 4.27. The summed E-state index contributed by atoms with van der Waals surface area (Å²) in [5, 5.41) is 7.81. The number of carbonyl (C=O) groups is 1. The van der Waals surface area contributed by atoms with Crippen LogP contribution in [0.5, 0.6) is 0 Å². The molecule has 0 saturated carbocycles. The Hall–Kier alpha value is -2.88. The molecule has 4 rings (SSSR count). The molecule has 1 saturated heterocycles. The van der Waals surface area contributed by atoms with E-state index in [1.165, 1.54) is 0 Å². The average Bonchev–Trinajstić information content (AvgIpc) is 3.30. The maximum Gasteiger partial charge on any atom is 0.267 e. The Kier molecular flexibility index (Phi) is 4.33. The van der Waals surface area contributed by atoms with Crippen LogP contribution < -0.4 is 4.90 Å². The summed E-state index contributed by atoms with van der Waals surface area (Å²) in [5.41, 5.74) is 1.50. The second kappa shape index (κ2) is 6.79. The number of pyridine rings is 1. The number of carbonyl (C=O) groups excluding carboxylic acids is 1. The fraction of sp³-hybridized carbons (Fsp3) is 0.375. The number of amides is 1. The van der Waals surface area contributed by atoms with Gasteiger partial charge in [0.05, 0.1) is 5.69 Å². The van der Waals surface area contributed by atoms with Crippen LogP contribution in [0, 0.1) is 13.8 Å². The molecular weight excluding hydrogens is 354 g/mol. The highest BCUT2D eigenvalue weighted by molar-refractivity contribution is 7.07. The quantitative estimate of drug-likeness (QED) is 0.684. The highest BCUT2D eigenvalue weighted by atomic mass is 32.1. The van der Waals surface area contributed by atoms with E-state index < -0.39 is 0 Å². The van der Waals surface area contributed by atoms with Gasteiger partial charge in [-0.1, -0.05) is 9.64 Å².